The SMILES string of the molecule is Nc1ccccc1NC(=O)c1ccc(CNC(=O)c2nn(-c3ccccc3F)nc2N)cc1. The van der Waals surface area contributed by atoms with E-state index in [1.54, 1.807) is 54.6 Å². The number of benzene rings is 3. The van der Waals surface area contributed by atoms with Crippen molar-refractivity contribution in [3.8, 4) is 5.69 Å². The third-order valence-corrected chi connectivity index (χ3v) is 4.80. The summed E-state index contributed by atoms with van der Waals surface area (Å²) in [5.41, 5.74) is 13.8. The van der Waals surface area contributed by atoms with E-state index < -0.39 is 11.7 Å². The van der Waals surface area contributed by atoms with Gasteiger partial charge in [-0.2, -0.15) is 0 Å². The van der Waals surface area contributed by atoms with Crippen LogP contribution in [0.4, 0.5) is 21.6 Å². The van der Waals surface area contributed by atoms with E-state index in [0.717, 1.165) is 10.4 Å². The molecule has 4 rings (SSSR count). The summed E-state index contributed by atoms with van der Waals surface area (Å²) in [5.74, 6) is -1.53. The van der Waals surface area contributed by atoms with Gasteiger partial charge in [-0.3, -0.25) is 9.59 Å². The van der Waals surface area contributed by atoms with Crippen molar-refractivity contribution in [2.75, 3.05) is 16.8 Å². The first-order valence-corrected chi connectivity index (χ1v) is 9.93. The van der Waals surface area contributed by atoms with Crippen molar-refractivity contribution in [3.63, 3.8) is 0 Å². The fourth-order valence-electron chi connectivity index (χ4n) is 3.05. The minimum absolute atomic E-state index is 0.0781. The molecule has 166 valence electrons. The third kappa shape index (κ3) is 4.79. The second-order valence-electron chi connectivity index (χ2n) is 7.10. The monoisotopic (exact) mass is 445 g/mol. The number of nitrogens with one attached hydrogen (secondary N) is 2. The quantitative estimate of drug-likeness (QED) is 0.336. The van der Waals surface area contributed by atoms with E-state index in [1.807, 2.05) is 0 Å². The molecule has 0 aliphatic carbocycles. The number of para-hydroxylation sites is 3. The summed E-state index contributed by atoms with van der Waals surface area (Å²) in [5, 5.41) is 13.4. The van der Waals surface area contributed by atoms with Gasteiger partial charge in [0.05, 0.1) is 11.4 Å². The van der Waals surface area contributed by atoms with E-state index in [0.29, 0.717) is 16.9 Å². The van der Waals surface area contributed by atoms with E-state index in [-0.39, 0.29) is 29.7 Å². The van der Waals surface area contributed by atoms with Crippen molar-refractivity contribution in [1.82, 2.24) is 20.3 Å². The summed E-state index contributed by atoms with van der Waals surface area (Å²) in [6.45, 7) is 0.165. The molecule has 0 aliphatic heterocycles. The van der Waals surface area contributed by atoms with Crippen LogP contribution in [-0.2, 0) is 6.54 Å². The number of nitrogen functional groups attached to an aromatic ring is 2. The zero-order chi connectivity index (χ0) is 23.4. The number of hydrogen-bond acceptors (Lipinski definition) is 6. The molecule has 0 aliphatic rings. The largest absolute Gasteiger partial charge is 0.397 e. The average Bonchev–Trinajstić information content (AvgIpc) is 3.21. The summed E-state index contributed by atoms with van der Waals surface area (Å²) >= 11 is 0. The van der Waals surface area contributed by atoms with Crippen LogP contribution in [0.2, 0.25) is 0 Å². The van der Waals surface area contributed by atoms with E-state index in [9.17, 15) is 14.0 Å². The Hall–Kier alpha value is -4.73. The molecule has 1 aromatic heterocycles. The van der Waals surface area contributed by atoms with Crippen LogP contribution in [0.5, 0.6) is 0 Å². The first-order valence-electron chi connectivity index (χ1n) is 9.93. The summed E-state index contributed by atoms with van der Waals surface area (Å²) in [6.07, 6.45) is 0. The van der Waals surface area contributed by atoms with Crippen molar-refractivity contribution in [2.24, 2.45) is 0 Å². The molecule has 9 nitrogen and oxygen atoms in total. The van der Waals surface area contributed by atoms with E-state index >= 15 is 0 Å². The zero-order valence-electron chi connectivity index (χ0n) is 17.3. The van der Waals surface area contributed by atoms with Crippen LogP contribution in [0.1, 0.15) is 26.4 Å². The van der Waals surface area contributed by atoms with Crippen molar-refractivity contribution >= 4 is 29.0 Å². The lowest BCUT2D eigenvalue weighted by Gasteiger charge is -2.09. The van der Waals surface area contributed by atoms with E-state index in [4.69, 9.17) is 11.5 Å². The van der Waals surface area contributed by atoms with Gasteiger partial charge in [0, 0.05) is 12.1 Å². The Morgan fingerprint density at radius 2 is 1.58 bits per heavy atom. The number of carbonyl (C=O) groups excluding carboxylic acids is 2. The third-order valence-electron chi connectivity index (χ3n) is 4.80. The Morgan fingerprint density at radius 3 is 2.30 bits per heavy atom. The van der Waals surface area contributed by atoms with Crippen molar-refractivity contribution < 1.29 is 14.0 Å². The van der Waals surface area contributed by atoms with Gasteiger partial charge in [-0.15, -0.1) is 15.0 Å². The maximum absolute atomic E-state index is 13.9. The van der Waals surface area contributed by atoms with Crippen LogP contribution in [0.15, 0.2) is 72.8 Å². The molecule has 2 amide bonds. The maximum atomic E-state index is 13.9. The lowest BCUT2D eigenvalue weighted by molar-refractivity contribution is 0.0945. The molecule has 0 fully saturated rings. The number of anilines is 3. The fraction of sp³-hybridized carbons (Fsp3) is 0.0435. The number of carbonyl (C=O) groups is 2. The second kappa shape index (κ2) is 9.18. The maximum Gasteiger partial charge on any atom is 0.275 e. The predicted molar refractivity (Wildman–Crippen MR) is 122 cm³/mol. The highest BCUT2D eigenvalue weighted by Crippen LogP contribution is 2.18. The average molecular weight is 445 g/mol. The summed E-state index contributed by atoms with van der Waals surface area (Å²) in [7, 11) is 0. The summed E-state index contributed by atoms with van der Waals surface area (Å²) in [4.78, 5) is 25.9. The topological polar surface area (TPSA) is 141 Å². The number of nitrogens with zero attached hydrogens (tertiary/aromatic N) is 3. The lowest BCUT2D eigenvalue weighted by atomic mass is 10.1. The van der Waals surface area contributed by atoms with Gasteiger partial charge < -0.3 is 22.1 Å². The molecule has 6 N–H and O–H groups in total. The molecule has 0 atom stereocenters. The molecule has 0 radical (unpaired) electrons. The molecular weight excluding hydrogens is 425 g/mol. The Morgan fingerprint density at radius 1 is 0.879 bits per heavy atom. The zero-order valence-corrected chi connectivity index (χ0v) is 17.3. The normalized spacial score (nSPS) is 10.6. The Balaban J connectivity index is 1.39. The van der Waals surface area contributed by atoms with Crippen LogP contribution in [-0.4, -0.2) is 26.8 Å². The van der Waals surface area contributed by atoms with Gasteiger partial charge in [0.15, 0.2) is 17.3 Å². The van der Waals surface area contributed by atoms with Gasteiger partial charge >= 0.3 is 0 Å². The number of aromatic nitrogens is 3. The minimum Gasteiger partial charge on any atom is -0.397 e. The van der Waals surface area contributed by atoms with Crippen LogP contribution in [0.3, 0.4) is 0 Å². The predicted octanol–water partition coefficient (Wildman–Crippen LogP) is 2.75. The smallest absolute Gasteiger partial charge is 0.275 e. The number of hydrogen-bond donors (Lipinski definition) is 4. The van der Waals surface area contributed by atoms with Crippen LogP contribution < -0.4 is 22.1 Å². The van der Waals surface area contributed by atoms with Gasteiger partial charge in [-0.05, 0) is 42.0 Å². The standard InChI is InChI=1S/C23H20FN7O2/c24-16-5-1-4-8-19(16)31-29-20(21(26)30-31)23(33)27-13-14-9-11-15(12-10-14)22(32)28-18-7-3-2-6-17(18)25/h1-12H,13,25H2,(H2,26,30)(H,27,33)(H,28,32). The van der Waals surface area contributed by atoms with Crippen LogP contribution in [0, 0.1) is 5.82 Å². The Kier molecular flexibility index (Phi) is 5.98. The number of rotatable bonds is 6. The summed E-state index contributed by atoms with van der Waals surface area (Å²) in [6, 6.07) is 19.6. The van der Waals surface area contributed by atoms with E-state index in [1.165, 1.54) is 18.2 Å². The lowest BCUT2D eigenvalue weighted by Crippen LogP contribution is -2.24. The molecule has 4 aromatic rings. The molecule has 0 bridgehead atoms. The molecule has 0 saturated carbocycles. The molecule has 3 aromatic carbocycles. The highest BCUT2D eigenvalue weighted by Gasteiger charge is 2.18. The van der Waals surface area contributed by atoms with Crippen LogP contribution >= 0.6 is 0 Å². The van der Waals surface area contributed by atoms with Crippen molar-refractivity contribution in [3.05, 3.63) is 95.4 Å². The first kappa shape index (κ1) is 21.5. The first-order chi connectivity index (χ1) is 15.9. The van der Waals surface area contributed by atoms with Crippen LogP contribution in [0.25, 0.3) is 5.69 Å². The number of nitrogens with two attached hydrogens (primary N) is 2. The van der Waals surface area contributed by atoms with Gasteiger partial charge in [0.1, 0.15) is 5.69 Å². The van der Waals surface area contributed by atoms with Crippen molar-refractivity contribution in [2.45, 2.75) is 6.54 Å². The van der Waals surface area contributed by atoms with Gasteiger partial charge in [-0.1, -0.05) is 36.4 Å². The summed E-state index contributed by atoms with van der Waals surface area (Å²) < 4.78 is 13.9. The highest BCUT2D eigenvalue weighted by atomic mass is 19.1. The number of amides is 2. The Bertz CT molecular complexity index is 1320. The molecule has 0 saturated heterocycles. The molecule has 1 heterocycles. The van der Waals surface area contributed by atoms with Crippen molar-refractivity contribution in [1.29, 1.82) is 0 Å². The van der Waals surface area contributed by atoms with Gasteiger partial charge in [-0.25, -0.2) is 4.39 Å². The minimum atomic E-state index is -0.559. The second-order valence-corrected chi connectivity index (χ2v) is 7.10. The van der Waals surface area contributed by atoms with Gasteiger partial charge in [0.2, 0.25) is 0 Å². The Labute approximate surface area is 188 Å². The molecule has 10 heteroatoms. The number of halogens is 1. The van der Waals surface area contributed by atoms with Gasteiger partial charge in [0.25, 0.3) is 11.8 Å². The molecule has 33 heavy (non-hydrogen) atoms. The molecule has 0 spiro atoms. The fourth-order valence-corrected chi connectivity index (χ4v) is 3.05. The van der Waals surface area contributed by atoms with E-state index in [2.05, 4.69) is 20.8 Å². The molecular formula is C23H20FN7O2. The molecule has 0 unspecified atom stereocenters. The highest BCUT2D eigenvalue weighted by molar-refractivity contribution is 6.05.